The van der Waals surface area contributed by atoms with Gasteiger partial charge in [-0.15, -0.1) is 21.5 Å². The van der Waals surface area contributed by atoms with Crippen molar-refractivity contribution in [2.75, 3.05) is 13.1 Å². The molecule has 0 saturated carbocycles. The first kappa shape index (κ1) is 15.5. The first-order valence-electron chi connectivity index (χ1n) is 8.32. The van der Waals surface area contributed by atoms with Crippen molar-refractivity contribution in [2.45, 2.75) is 26.3 Å². The van der Waals surface area contributed by atoms with Crippen LogP contribution < -0.4 is 0 Å². The summed E-state index contributed by atoms with van der Waals surface area (Å²) in [7, 11) is 2.06. The third kappa shape index (κ3) is 2.99. The van der Waals surface area contributed by atoms with E-state index in [2.05, 4.69) is 57.2 Å². The normalized spacial score (nSPS) is 15.2. The van der Waals surface area contributed by atoms with Gasteiger partial charge >= 0.3 is 0 Å². The number of rotatable bonds is 3. The molecule has 3 heterocycles. The Kier molecular flexibility index (Phi) is 4.16. The molecule has 1 aliphatic rings. The van der Waals surface area contributed by atoms with E-state index in [0.29, 0.717) is 0 Å². The number of fused-ring (bicyclic) bond motifs is 1. The summed E-state index contributed by atoms with van der Waals surface area (Å²) in [5, 5.41) is 15.3. The minimum Gasteiger partial charge on any atom is -0.296 e. The minimum absolute atomic E-state index is 0.896. The van der Waals surface area contributed by atoms with Gasteiger partial charge < -0.3 is 0 Å². The average molecular weight is 339 g/mol. The number of aromatic nitrogens is 4. The van der Waals surface area contributed by atoms with E-state index in [4.69, 9.17) is 5.10 Å². The molecule has 5 nitrogen and oxygen atoms in total. The van der Waals surface area contributed by atoms with Crippen LogP contribution in [0.5, 0.6) is 0 Å². The molecule has 0 unspecified atom stereocenters. The first-order chi connectivity index (χ1) is 11.7. The zero-order chi connectivity index (χ0) is 16.5. The molecule has 1 aliphatic heterocycles. The lowest BCUT2D eigenvalue weighted by atomic mass is 10.0. The maximum absolute atomic E-state index is 4.79. The largest absolute Gasteiger partial charge is 0.296 e. The predicted molar refractivity (Wildman–Crippen MR) is 96.0 cm³/mol. The fourth-order valence-electron chi connectivity index (χ4n) is 3.40. The molecule has 24 heavy (non-hydrogen) atoms. The number of aryl methyl sites for hydroxylation is 2. The van der Waals surface area contributed by atoms with Gasteiger partial charge in [0.1, 0.15) is 10.0 Å². The van der Waals surface area contributed by atoms with E-state index < -0.39 is 0 Å². The Morgan fingerprint density at radius 3 is 2.62 bits per heavy atom. The maximum atomic E-state index is 4.79. The second-order valence-electron chi connectivity index (χ2n) is 6.25. The van der Waals surface area contributed by atoms with Gasteiger partial charge in [0, 0.05) is 43.4 Å². The second kappa shape index (κ2) is 6.45. The fourth-order valence-corrected chi connectivity index (χ4v) is 4.15. The van der Waals surface area contributed by atoms with Crippen LogP contribution in [0.1, 0.15) is 21.3 Å². The number of nitrogens with zero attached hydrogens (tertiary/aromatic N) is 5. The first-order valence-corrected chi connectivity index (χ1v) is 9.14. The van der Waals surface area contributed by atoms with Crippen LogP contribution in [0.3, 0.4) is 0 Å². The highest BCUT2D eigenvalue weighted by molar-refractivity contribution is 7.11. The molecule has 0 bridgehead atoms. The molecule has 0 N–H and O–H groups in total. The van der Waals surface area contributed by atoms with E-state index in [9.17, 15) is 0 Å². The Bertz CT molecular complexity index is 836. The molecule has 0 aliphatic carbocycles. The van der Waals surface area contributed by atoms with Gasteiger partial charge in [-0.1, -0.05) is 30.3 Å². The van der Waals surface area contributed by atoms with Crippen molar-refractivity contribution in [3.8, 4) is 11.3 Å². The molecule has 0 spiro atoms. The Morgan fingerprint density at radius 2 is 1.88 bits per heavy atom. The Balaban J connectivity index is 1.57. The molecule has 0 amide bonds. The molecule has 2 aromatic heterocycles. The van der Waals surface area contributed by atoms with Crippen LogP contribution in [0.2, 0.25) is 0 Å². The van der Waals surface area contributed by atoms with Gasteiger partial charge in [0.25, 0.3) is 0 Å². The monoisotopic (exact) mass is 339 g/mol. The Labute approximate surface area is 146 Å². The second-order valence-corrected chi connectivity index (χ2v) is 7.52. The van der Waals surface area contributed by atoms with Crippen molar-refractivity contribution >= 4 is 11.3 Å². The number of hydrogen-bond donors (Lipinski definition) is 0. The summed E-state index contributed by atoms with van der Waals surface area (Å²) in [5.41, 5.74) is 5.12. The van der Waals surface area contributed by atoms with Crippen LogP contribution in [0.15, 0.2) is 30.3 Å². The third-order valence-electron chi connectivity index (χ3n) is 4.59. The standard InChI is InChI=1S/C18H21N5S/c1-13-19-20-17(24-13)12-23-10-8-15-16(9-11-23)22(2)21-18(15)14-6-4-3-5-7-14/h3-7H,8-12H2,1-2H3. The molecule has 6 heteroatoms. The van der Waals surface area contributed by atoms with Gasteiger partial charge in [-0.2, -0.15) is 5.10 Å². The highest BCUT2D eigenvalue weighted by Crippen LogP contribution is 2.28. The third-order valence-corrected chi connectivity index (χ3v) is 5.42. The van der Waals surface area contributed by atoms with E-state index in [1.54, 1.807) is 11.3 Å². The van der Waals surface area contributed by atoms with E-state index in [-0.39, 0.29) is 0 Å². The molecule has 0 saturated heterocycles. The molecular weight excluding hydrogens is 318 g/mol. The topological polar surface area (TPSA) is 46.8 Å². The summed E-state index contributed by atoms with van der Waals surface area (Å²) in [6, 6.07) is 10.5. The SMILES string of the molecule is Cc1nnc(CN2CCc3c(-c4ccccc4)nn(C)c3CC2)s1. The van der Waals surface area contributed by atoms with Crippen LogP contribution in [-0.2, 0) is 26.4 Å². The summed E-state index contributed by atoms with van der Waals surface area (Å²) < 4.78 is 2.07. The molecule has 4 rings (SSSR count). The minimum atomic E-state index is 0.896. The Morgan fingerprint density at radius 1 is 1.08 bits per heavy atom. The smallest absolute Gasteiger partial charge is 0.131 e. The lowest BCUT2D eigenvalue weighted by molar-refractivity contribution is 0.276. The van der Waals surface area contributed by atoms with Crippen molar-refractivity contribution in [3.05, 3.63) is 51.6 Å². The van der Waals surface area contributed by atoms with Crippen LogP contribution in [0.25, 0.3) is 11.3 Å². The Hall–Kier alpha value is -2.05. The van der Waals surface area contributed by atoms with Crippen LogP contribution >= 0.6 is 11.3 Å². The summed E-state index contributed by atoms with van der Waals surface area (Å²) in [6.07, 6.45) is 2.06. The fraction of sp³-hybridized carbons (Fsp3) is 0.389. The summed E-state index contributed by atoms with van der Waals surface area (Å²) in [5.74, 6) is 0. The summed E-state index contributed by atoms with van der Waals surface area (Å²) in [4.78, 5) is 2.48. The van der Waals surface area contributed by atoms with Gasteiger partial charge in [-0.25, -0.2) is 0 Å². The van der Waals surface area contributed by atoms with Crippen LogP contribution in [-0.4, -0.2) is 38.0 Å². The van der Waals surface area contributed by atoms with Crippen molar-refractivity contribution in [1.29, 1.82) is 0 Å². The highest BCUT2D eigenvalue weighted by Gasteiger charge is 2.22. The zero-order valence-electron chi connectivity index (χ0n) is 14.1. The molecule has 124 valence electrons. The van der Waals surface area contributed by atoms with E-state index in [1.807, 2.05) is 6.92 Å². The van der Waals surface area contributed by atoms with Crippen LogP contribution in [0.4, 0.5) is 0 Å². The van der Waals surface area contributed by atoms with E-state index in [0.717, 1.165) is 48.2 Å². The summed E-state index contributed by atoms with van der Waals surface area (Å²) in [6.45, 7) is 4.99. The number of hydrogen-bond acceptors (Lipinski definition) is 5. The number of benzene rings is 1. The quantitative estimate of drug-likeness (QED) is 0.736. The lowest BCUT2D eigenvalue weighted by Gasteiger charge is -2.17. The highest BCUT2D eigenvalue weighted by atomic mass is 32.1. The van der Waals surface area contributed by atoms with Crippen molar-refractivity contribution < 1.29 is 0 Å². The van der Waals surface area contributed by atoms with Crippen LogP contribution in [0, 0.1) is 6.92 Å². The van der Waals surface area contributed by atoms with Crippen molar-refractivity contribution in [1.82, 2.24) is 24.9 Å². The average Bonchev–Trinajstić information content (AvgIpc) is 3.06. The maximum Gasteiger partial charge on any atom is 0.131 e. The van der Waals surface area contributed by atoms with Crippen molar-refractivity contribution in [3.63, 3.8) is 0 Å². The molecule has 1 aromatic carbocycles. The predicted octanol–water partition coefficient (Wildman–Crippen LogP) is 2.85. The molecule has 0 atom stereocenters. The van der Waals surface area contributed by atoms with Crippen molar-refractivity contribution in [2.24, 2.45) is 7.05 Å². The lowest BCUT2D eigenvalue weighted by Crippen LogP contribution is -2.26. The zero-order valence-corrected chi connectivity index (χ0v) is 14.9. The van der Waals surface area contributed by atoms with Gasteiger partial charge in [0.2, 0.25) is 0 Å². The van der Waals surface area contributed by atoms with Gasteiger partial charge in [-0.05, 0) is 13.3 Å². The molecule has 0 fully saturated rings. The van der Waals surface area contributed by atoms with E-state index >= 15 is 0 Å². The van der Waals surface area contributed by atoms with Gasteiger partial charge in [0.15, 0.2) is 0 Å². The molecular formula is C18H21N5S. The molecule has 0 radical (unpaired) electrons. The van der Waals surface area contributed by atoms with E-state index in [1.165, 1.54) is 16.8 Å². The molecule has 3 aromatic rings. The van der Waals surface area contributed by atoms with Gasteiger partial charge in [0.05, 0.1) is 12.2 Å². The van der Waals surface area contributed by atoms with Gasteiger partial charge in [-0.3, -0.25) is 9.58 Å². The summed E-state index contributed by atoms with van der Waals surface area (Å²) >= 11 is 1.70.